The summed E-state index contributed by atoms with van der Waals surface area (Å²) in [5, 5.41) is 0. The third-order valence-electron chi connectivity index (χ3n) is 8.59. The number of benzene rings is 3. The molecule has 0 radical (unpaired) electrons. The second-order valence-corrected chi connectivity index (χ2v) is 13.5. The van der Waals surface area contributed by atoms with Gasteiger partial charge >= 0.3 is 0 Å². The van der Waals surface area contributed by atoms with Crippen molar-refractivity contribution < 1.29 is 9.59 Å². The monoisotopic (exact) mass is 519 g/mol. The Hall–Kier alpha value is -3.46. The van der Waals surface area contributed by atoms with Gasteiger partial charge < -0.3 is 0 Å². The van der Waals surface area contributed by atoms with Crippen molar-refractivity contribution in [2.24, 2.45) is 0 Å². The van der Waals surface area contributed by atoms with Gasteiger partial charge in [-0.15, -0.1) is 0 Å². The molecule has 2 aliphatic rings. The molecular formula is C36H41NO2. The van der Waals surface area contributed by atoms with Crippen molar-refractivity contribution >= 4 is 23.0 Å². The Bertz CT molecular complexity index is 1450. The third-order valence-corrected chi connectivity index (χ3v) is 8.59. The molecular weight excluding hydrogens is 478 g/mol. The van der Waals surface area contributed by atoms with Crippen molar-refractivity contribution in [1.82, 2.24) is 4.90 Å². The first-order valence-electron chi connectivity index (χ1n) is 14.1. The maximum atomic E-state index is 14.3. The number of rotatable bonds is 2. The van der Waals surface area contributed by atoms with Crippen LogP contribution >= 0.6 is 0 Å². The van der Waals surface area contributed by atoms with E-state index in [1.807, 2.05) is 31.2 Å². The van der Waals surface area contributed by atoms with Crippen LogP contribution in [-0.2, 0) is 39.8 Å². The van der Waals surface area contributed by atoms with Crippen LogP contribution in [0.4, 0.5) is 0 Å². The lowest BCUT2D eigenvalue weighted by atomic mass is 9.77. The molecule has 0 fully saturated rings. The number of hydrogen-bond donors (Lipinski definition) is 0. The number of hydrogen-bond acceptors (Lipinski definition) is 2. The van der Waals surface area contributed by atoms with Crippen LogP contribution in [0.2, 0.25) is 0 Å². The Morgan fingerprint density at radius 1 is 0.641 bits per heavy atom. The van der Waals surface area contributed by atoms with Crippen LogP contribution in [0, 0.1) is 20.8 Å². The predicted octanol–water partition coefficient (Wildman–Crippen LogP) is 7.79. The summed E-state index contributed by atoms with van der Waals surface area (Å²) in [6.45, 7) is 19.8. The zero-order valence-corrected chi connectivity index (χ0v) is 25.0. The van der Waals surface area contributed by atoms with Gasteiger partial charge in [0, 0.05) is 0 Å². The van der Waals surface area contributed by atoms with Crippen molar-refractivity contribution in [2.75, 3.05) is 0 Å². The molecule has 4 bridgehead atoms. The molecule has 0 unspecified atom stereocenters. The van der Waals surface area contributed by atoms with Crippen LogP contribution in [-0.4, -0.2) is 16.7 Å². The number of carbonyl (C=O) groups is 2. The first kappa shape index (κ1) is 27.1. The molecule has 3 nitrogen and oxygen atoms in total. The van der Waals surface area contributed by atoms with Gasteiger partial charge in [0.1, 0.15) is 0 Å². The molecule has 202 valence electrons. The lowest BCUT2D eigenvalue weighted by Crippen LogP contribution is -2.31. The first-order chi connectivity index (χ1) is 18.2. The Balaban J connectivity index is 1.82. The summed E-state index contributed by atoms with van der Waals surface area (Å²) in [6, 6.07) is 17.0. The fourth-order valence-corrected chi connectivity index (χ4v) is 5.82. The van der Waals surface area contributed by atoms with Gasteiger partial charge in [-0.05, 0) is 94.5 Å². The van der Waals surface area contributed by atoms with Crippen molar-refractivity contribution in [3.05, 3.63) is 104 Å². The Labute approximate surface area is 233 Å². The number of aryl methyl sites for hydroxylation is 3. The number of nitrogens with zero attached hydrogens (tertiary/aromatic N) is 1. The molecule has 1 aliphatic carbocycles. The summed E-state index contributed by atoms with van der Waals surface area (Å²) in [5.74, 6) is -0.392. The van der Waals surface area contributed by atoms with Gasteiger partial charge in [0.05, 0.1) is 17.7 Å². The molecule has 0 spiro atoms. The summed E-state index contributed by atoms with van der Waals surface area (Å²) < 4.78 is 0. The highest BCUT2D eigenvalue weighted by molar-refractivity contribution is 6.49. The third kappa shape index (κ3) is 4.77. The largest absolute Gasteiger partial charge is 0.270 e. The molecule has 5 rings (SSSR count). The van der Waals surface area contributed by atoms with E-state index in [1.54, 1.807) is 0 Å². The highest BCUT2D eigenvalue weighted by Crippen LogP contribution is 2.43. The maximum absolute atomic E-state index is 14.3. The van der Waals surface area contributed by atoms with E-state index in [9.17, 15) is 9.59 Å². The lowest BCUT2D eigenvalue weighted by molar-refractivity contribution is -0.136. The van der Waals surface area contributed by atoms with Crippen molar-refractivity contribution in [2.45, 2.75) is 92.5 Å². The van der Waals surface area contributed by atoms with Gasteiger partial charge in [-0.2, -0.15) is 0 Å². The number of carbonyl (C=O) groups excluding carboxylic acids is 2. The molecule has 3 aromatic rings. The number of fused-ring (bicyclic) bond motifs is 6. The topological polar surface area (TPSA) is 37.4 Å². The van der Waals surface area contributed by atoms with Crippen LogP contribution in [0.25, 0.3) is 11.1 Å². The van der Waals surface area contributed by atoms with E-state index in [2.05, 4.69) is 79.7 Å². The maximum Gasteiger partial charge on any atom is 0.262 e. The van der Waals surface area contributed by atoms with Gasteiger partial charge in [-0.25, -0.2) is 0 Å². The Morgan fingerprint density at radius 3 is 1.44 bits per heavy atom. The summed E-state index contributed by atoms with van der Waals surface area (Å²) in [6.07, 6.45) is 1.79. The molecule has 39 heavy (non-hydrogen) atoms. The van der Waals surface area contributed by atoms with E-state index in [0.29, 0.717) is 11.1 Å². The van der Waals surface area contributed by atoms with E-state index in [1.165, 1.54) is 27.2 Å². The second kappa shape index (κ2) is 9.33. The van der Waals surface area contributed by atoms with E-state index < -0.39 is 0 Å². The fraction of sp³-hybridized carbons (Fsp3) is 0.389. The van der Waals surface area contributed by atoms with Gasteiger partial charge in [-0.1, -0.05) is 95.6 Å². The van der Waals surface area contributed by atoms with Gasteiger partial charge in [0.15, 0.2) is 0 Å². The average Bonchev–Trinajstić information content (AvgIpc) is 3.08. The number of imide groups is 1. The molecule has 3 aromatic carbocycles. The van der Waals surface area contributed by atoms with Crippen molar-refractivity contribution in [3.63, 3.8) is 0 Å². The normalized spacial score (nSPS) is 15.7. The zero-order valence-electron chi connectivity index (χ0n) is 25.0. The molecule has 2 amide bonds. The molecule has 3 heteroatoms. The fourth-order valence-electron chi connectivity index (χ4n) is 5.82. The van der Waals surface area contributed by atoms with Crippen LogP contribution in [0.1, 0.15) is 97.2 Å². The first-order valence-corrected chi connectivity index (χ1v) is 14.1. The minimum atomic E-state index is -0.196. The minimum absolute atomic E-state index is 0.0844. The molecule has 1 heterocycles. The van der Waals surface area contributed by atoms with Crippen molar-refractivity contribution in [3.8, 4) is 0 Å². The van der Waals surface area contributed by atoms with E-state index >= 15 is 0 Å². The molecule has 1 aliphatic heterocycles. The molecule has 0 saturated heterocycles. The smallest absolute Gasteiger partial charge is 0.262 e. The van der Waals surface area contributed by atoms with Crippen LogP contribution < -0.4 is 0 Å². The number of amides is 2. The zero-order chi connectivity index (χ0) is 28.4. The summed E-state index contributed by atoms with van der Waals surface area (Å²) in [4.78, 5) is 30.1. The van der Waals surface area contributed by atoms with Crippen LogP contribution in [0.5, 0.6) is 0 Å². The second-order valence-electron chi connectivity index (χ2n) is 13.5. The molecule has 0 saturated carbocycles. The minimum Gasteiger partial charge on any atom is -0.270 e. The molecule has 0 aromatic heterocycles. The van der Waals surface area contributed by atoms with Crippen LogP contribution in [0.15, 0.2) is 48.5 Å². The molecule has 0 atom stereocenters. The SMILES string of the molecule is Cc1ccc(CN2C(=O)C3=C(C2=O)c2cc(C(C)(C)C)cc(c2C)CCc2cc(C(C)(C)C)cc3c2C)cc1. The molecule has 0 N–H and O–H groups in total. The lowest BCUT2D eigenvalue weighted by Gasteiger charge is -2.26. The highest BCUT2D eigenvalue weighted by atomic mass is 16.2. The predicted molar refractivity (Wildman–Crippen MR) is 161 cm³/mol. The van der Waals surface area contributed by atoms with Gasteiger partial charge in [0.2, 0.25) is 0 Å². The van der Waals surface area contributed by atoms with E-state index in [0.717, 1.165) is 46.2 Å². The highest BCUT2D eigenvalue weighted by Gasteiger charge is 2.42. The van der Waals surface area contributed by atoms with Crippen LogP contribution in [0.3, 0.4) is 0 Å². The summed E-state index contributed by atoms with van der Waals surface area (Å²) >= 11 is 0. The standard InChI is InChI=1S/C36H41NO2/c1-21-10-12-24(13-11-21)20-37-33(38)31-29-18-27(35(4,5)6)16-25(22(29)2)14-15-26-17-28(36(7,8)9)19-30(23(26)3)32(31)34(37)39/h10-13,16-19H,14-15,20H2,1-9H3. The van der Waals surface area contributed by atoms with Crippen molar-refractivity contribution in [1.29, 1.82) is 0 Å². The van der Waals surface area contributed by atoms with E-state index in [4.69, 9.17) is 0 Å². The van der Waals surface area contributed by atoms with E-state index in [-0.39, 0.29) is 29.2 Å². The van der Waals surface area contributed by atoms with Gasteiger partial charge in [0.25, 0.3) is 11.8 Å². The van der Waals surface area contributed by atoms with Gasteiger partial charge in [-0.3, -0.25) is 14.5 Å². The Morgan fingerprint density at radius 2 is 1.05 bits per heavy atom. The Kier molecular flexibility index (Phi) is 6.49. The quantitative estimate of drug-likeness (QED) is 0.324. The average molecular weight is 520 g/mol. The summed E-state index contributed by atoms with van der Waals surface area (Å²) in [5.41, 5.74) is 12.0. The summed E-state index contributed by atoms with van der Waals surface area (Å²) in [7, 11) is 0.